The van der Waals surface area contributed by atoms with Crippen molar-refractivity contribution in [3.8, 4) is 5.75 Å². The summed E-state index contributed by atoms with van der Waals surface area (Å²) in [6.07, 6.45) is 1.92. The number of para-hydroxylation sites is 1. The van der Waals surface area contributed by atoms with Crippen LogP contribution in [-0.2, 0) is 6.54 Å². The van der Waals surface area contributed by atoms with E-state index in [1.165, 1.54) is 0 Å². The molecule has 1 unspecified atom stereocenters. The zero-order valence-electron chi connectivity index (χ0n) is 13.5. The van der Waals surface area contributed by atoms with Crippen molar-refractivity contribution >= 4 is 13.3 Å². The first-order valence-corrected chi connectivity index (χ1v) is 8.26. The molecule has 1 aromatic rings. The van der Waals surface area contributed by atoms with E-state index in [-0.39, 0.29) is 25.7 Å². The molecule has 0 radical (unpaired) electrons. The van der Waals surface area contributed by atoms with E-state index in [4.69, 9.17) is 4.74 Å². The number of hydrogen-bond acceptors (Lipinski definition) is 4. The molecule has 7 heteroatoms. The fourth-order valence-corrected chi connectivity index (χ4v) is 3.42. The van der Waals surface area contributed by atoms with Crippen molar-refractivity contribution in [1.82, 2.24) is 4.90 Å². The van der Waals surface area contributed by atoms with E-state index >= 15 is 0 Å². The highest BCUT2D eigenvalue weighted by molar-refractivity contribution is 6.34. The summed E-state index contributed by atoms with van der Waals surface area (Å²) < 4.78 is 5.29. The third-order valence-corrected chi connectivity index (χ3v) is 5.05. The van der Waals surface area contributed by atoms with Gasteiger partial charge in [0.2, 0.25) is 0 Å². The Hall–Kier alpha value is -1.57. The van der Waals surface area contributed by atoms with Gasteiger partial charge >= 0.3 is 13.3 Å². The van der Waals surface area contributed by atoms with E-state index in [0.717, 1.165) is 18.4 Å². The van der Waals surface area contributed by atoms with Crippen LogP contribution in [0.15, 0.2) is 24.3 Å². The molecule has 2 amide bonds. The monoisotopic (exact) mass is 319 g/mol. The van der Waals surface area contributed by atoms with Gasteiger partial charge in [0.05, 0.1) is 0 Å². The fourth-order valence-electron chi connectivity index (χ4n) is 3.42. The molecule has 1 atom stereocenters. The summed E-state index contributed by atoms with van der Waals surface area (Å²) >= 11 is 0. The number of benzene rings is 1. The lowest BCUT2D eigenvalue weighted by Gasteiger charge is -2.39. The number of piperidine rings is 1. The molecule has 0 aliphatic carbocycles. The Balaban J connectivity index is 1.89. The van der Waals surface area contributed by atoms with E-state index < -0.39 is 11.6 Å². The third-order valence-electron chi connectivity index (χ3n) is 5.05. The number of fused-ring (bicyclic) bond motifs is 1. The lowest BCUT2D eigenvalue weighted by molar-refractivity contribution is -0.777. The number of carbonyl (C=O) groups excluding carboxylic acids is 1. The molecule has 2 aliphatic heterocycles. The molecule has 1 aromatic carbocycles. The first-order valence-electron chi connectivity index (χ1n) is 8.26. The molecule has 3 rings (SSSR count). The molecular weight excluding hydrogens is 295 g/mol. The second-order valence-corrected chi connectivity index (χ2v) is 6.67. The highest BCUT2D eigenvalue weighted by Gasteiger charge is 2.53. The zero-order chi connectivity index (χ0) is 16.4. The predicted molar refractivity (Wildman–Crippen MR) is 86.3 cm³/mol. The van der Waals surface area contributed by atoms with Crippen LogP contribution in [0, 0.1) is 5.92 Å². The van der Waals surface area contributed by atoms with Crippen LogP contribution in [0.2, 0.25) is 0 Å². The highest BCUT2D eigenvalue weighted by Crippen LogP contribution is 2.30. The maximum absolute atomic E-state index is 13.1. The summed E-state index contributed by atoms with van der Waals surface area (Å²) in [5.74, 6) is 1.33. The summed E-state index contributed by atoms with van der Waals surface area (Å²) in [5, 5.41) is 20.1. The van der Waals surface area contributed by atoms with Gasteiger partial charge in [0, 0.05) is 18.7 Å². The summed E-state index contributed by atoms with van der Waals surface area (Å²) in [5.41, 5.74) is 0.830. The Kier molecular flexibility index (Phi) is 4.61. The fraction of sp³-hybridized carbons (Fsp3) is 0.562. The Morgan fingerprint density at radius 2 is 2.00 bits per heavy atom. The minimum Gasteiger partial charge on any atom is -0.487 e. The van der Waals surface area contributed by atoms with Crippen LogP contribution in [0.1, 0.15) is 25.3 Å². The zero-order valence-corrected chi connectivity index (χ0v) is 13.5. The number of hydrogen-bond donors (Lipinski definition) is 2. The average Bonchev–Trinajstić information content (AvgIpc) is 2.75. The maximum Gasteiger partial charge on any atom is 0.763 e. The van der Waals surface area contributed by atoms with Crippen LogP contribution in [0.5, 0.6) is 5.75 Å². The van der Waals surface area contributed by atoms with Crippen molar-refractivity contribution < 1.29 is 24.0 Å². The molecule has 0 spiro atoms. The predicted octanol–water partition coefficient (Wildman–Crippen LogP) is 1.22. The number of quaternary nitrogens is 1. The van der Waals surface area contributed by atoms with Gasteiger partial charge in [-0.15, -0.1) is 0 Å². The molecule has 2 heterocycles. The quantitative estimate of drug-likeness (QED) is 0.764. The van der Waals surface area contributed by atoms with Gasteiger partial charge in [-0.25, -0.2) is 9.19 Å². The van der Waals surface area contributed by atoms with Crippen molar-refractivity contribution in [3.05, 3.63) is 29.8 Å². The number of nitrogens with zero attached hydrogens (tertiary/aromatic N) is 2. The lowest BCUT2D eigenvalue weighted by Crippen LogP contribution is -2.67. The lowest BCUT2D eigenvalue weighted by atomic mass is 9.95. The standard InChI is InChI=1S/C16H24BN2O4/c1-13-6-8-18(9-7-13)16(20)19(17(21)22)10-11-23-15-5-3-2-4-14(15)12-19/h2-5,13,21-22H,6-12H2,1H3/q+1. The topological polar surface area (TPSA) is 70.0 Å². The minimum absolute atomic E-state index is 0.216. The van der Waals surface area contributed by atoms with E-state index in [2.05, 4.69) is 6.92 Å². The number of urea groups is 1. The molecule has 124 valence electrons. The average molecular weight is 319 g/mol. The molecule has 2 aliphatic rings. The van der Waals surface area contributed by atoms with E-state index in [1.807, 2.05) is 24.3 Å². The van der Waals surface area contributed by atoms with Crippen molar-refractivity contribution in [2.24, 2.45) is 5.92 Å². The molecule has 0 aromatic heterocycles. The van der Waals surface area contributed by atoms with Crippen molar-refractivity contribution in [1.29, 1.82) is 0 Å². The third kappa shape index (κ3) is 3.09. The Morgan fingerprint density at radius 3 is 2.70 bits per heavy atom. The first kappa shape index (κ1) is 16.3. The van der Waals surface area contributed by atoms with Crippen LogP contribution in [-0.4, -0.2) is 58.9 Å². The summed E-state index contributed by atoms with van der Waals surface area (Å²) in [6.45, 7) is 4.30. The van der Waals surface area contributed by atoms with Crippen LogP contribution in [0.25, 0.3) is 0 Å². The number of ether oxygens (including phenoxy) is 1. The van der Waals surface area contributed by atoms with Gasteiger partial charge in [-0.2, -0.15) is 0 Å². The summed E-state index contributed by atoms with van der Waals surface area (Å²) in [6, 6.07) is 7.27. The Bertz CT molecular complexity index is 575. The molecule has 6 nitrogen and oxygen atoms in total. The van der Waals surface area contributed by atoms with Gasteiger partial charge in [0.25, 0.3) is 0 Å². The molecule has 0 bridgehead atoms. The summed E-state index contributed by atoms with van der Waals surface area (Å²) in [4.78, 5) is 14.9. The van der Waals surface area contributed by atoms with Crippen LogP contribution < -0.4 is 4.74 Å². The second-order valence-electron chi connectivity index (χ2n) is 6.67. The van der Waals surface area contributed by atoms with Gasteiger partial charge < -0.3 is 14.8 Å². The highest BCUT2D eigenvalue weighted by atomic mass is 16.5. The van der Waals surface area contributed by atoms with E-state index in [1.54, 1.807) is 4.90 Å². The van der Waals surface area contributed by atoms with Crippen LogP contribution in [0.3, 0.4) is 0 Å². The van der Waals surface area contributed by atoms with Crippen molar-refractivity contribution in [2.45, 2.75) is 26.3 Å². The molecular formula is C16H24BN2O4+. The number of likely N-dealkylation sites (tertiary alicyclic amines) is 1. The summed E-state index contributed by atoms with van der Waals surface area (Å²) in [7, 11) is -1.75. The van der Waals surface area contributed by atoms with Crippen molar-refractivity contribution in [3.63, 3.8) is 0 Å². The molecule has 23 heavy (non-hydrogen) atoms. The molecule has 1 saturated heterocycles. The van der Waals surface area contributed by atoms with Crippen LogP contribution in [0.4, 0.5) is 4.79 Å². The molecule has 2 N–H and O–H groups in total. The minimum atomic E-state index is -1.75. The Morgan fingerprint density at radius 1 is 1.30 bits per heavy atom. The second kappa shape index (κ2) is 6.51. The van der Waals surface area contributed by atoms with Gasteiger partial charge in [-0.05, 0) is 30.9 Å². The van der Waals surface area contributed by atoms with Gasteiger partial charge in [-0.3, -0.25) is 4.90 Å². The van der Waals surface area contributed by atoms with Gasteiger partial charge in [0.15, 0.2) is 0 Å². The number of rotatable bonds is 1. The van der Waals surface area contributed by atoms with Gasteiger partial charge in [0.1, 0.15) is 25.4 Å². The maximum atomic E-state index is 13.1. The van der Waals surface area contributed by atoms with Crippen LogP contribution >= 0.6 is 0 Å². The molecule has 0 saturated carbocycles. The number of amides is 2. The molecule has 1 fully saturated rings. The smallest absolute Gasteiger partial charge is 0.487 e. The Labute approximate surface area is 137 Å². The first-order chi connectivity index (χ1) is 11.0. The van der Waals surface area contributed by atoms with Gasteiger partial charge in [-0.1, -0.05) is 19.1 Å². The number of carbonyl (C=O) groups is 1. The van der Waals surface area contributed by atoms with E-state index in [0.29, 0.717) is 24.8 Å². The SMILES string of the molecule is CC1CCN(C(=O)[N+]2(B(O)O)CCOc3ccccc3C2)CC1. The largest absolute Gasteiger partial charge is 0.763 e. The normalized spacial score (nSPS) is 25.3. The van der Waals surface area contributed by atoms with E-state index in [9.17, 15) is 14.8 Å². The van der Waals surface area contributed by atoms with Crippen molar-refractivity contribution in [2.75, 3.05) is 26.2 Å².